The molecular weight excluding hydrogens is 302 g/mol. The first-order valence-corrected chi connectivity index (χ1v) is 8.14. The van der Waals surface area contributed by atoms with E-state index in [1.165, 1.54) is 11.8 Å². The number of amides is 2. The second kappa shape index (κ2) is 6.39. The molecule has 0 atom stereocenters. The molecular formula is C15H17N3O3S. The normalized spacial score (nSPS) is 15.3. The number of rotatable bonds is 3. The molecule has 1 saturated heterocycles. The number of hydrogen-bond donors (Lipinski definition) is 0. The molecule has 1 aromatic carbocycles. The van der Waals surface area contributed by atoms with Crippen LogP contribution in [0.3, 0.4) is 0 Å². The molecule has 1 aliphatic heterocycles. The van der Waals surface area contributed by atoms with Crippen molar-refractivity contribution in [1.82, 2.24) is 14.8 Å². The molecule has 116 valence electrons. The van der Waals surface area contributed by atoms with Gasteiger partial charge in [0.25, 0.3) is 5.22 Å². The topological polar surface area (TPSA) is 66.7 Å². The molecule has 6 nitrogen and oxygen atoms in total. The first-order chi connectivity index (χ1) is 10.6. The minimum absolute atomic E-state index is 0.0514. The van der Waals surface area contributed by atoms with Crippen molar-refractivity contribution >= 4 is 34.7 Å². The van der Waals surface area contributed by atoms with Gasteiger partial charge in [-0.2, -0.15) is 0 Å². The molecule has 1 fully saturated rings. The van der Waals surface area contributed by atoms with Gasteiger partial charge in [0.1, 0.15) is 5.52 Å². The number of piperazine rings is 1. The van der Waals surface area contributed by atoms with Crippen molar-refractivity contribution in [2.75, 3.05) is 31.9 Å². The van der Waals surface area contributed by atoms with E-state index in [1.54, 1.807) is 16.7 Å². The van der Waals surface area contributed by atoms with Gasteiger partial charge in [0.15, 0.2) is 5.58 Å². The van der Waals surface area contributed by atoms with E-state index in [4.69, 9.17) is 4.42 Å². The first kappa shape index (κ1) is 14.9. The summed E-state index contributed by atoms with van der Waals surface area (Å²) in [4.78, 5) is 31.4. The highest BCUT2D eigenvalue weighted by Crippen LogP contribution is 2.23. The van der Waals surface area contributed by atoms with E-state index in [-0.39, 0.29) is 11.8 Å². The Labute approximate surface area is 132 Å². The van der Waals surface area contributed by atoms with Gasteiger partial charge >= 0.3 is 0 Å². The number of aromatic nitrogens is 1. The number of thioether (sulfide) groups is 1. The predicted molar refractivity (Wildman–Crippen MR) is 83.6 cm³/mol. The molecule has 22 heavy (non-hydrogen) atoms. The quantitative estimate of drug-likeness (QED) is 0.804. The smallest absolute Gasteiger partial charge is 0.257 e. The van der Waals surface area contributed by atoms with Crippen molar-refractivity contribution in [3.05, 3.63) is 24.3 Å². The van der Waals surface area contributed by atoms with Gasteiger partial charge in [0.2, 0.25) is 11.8 Å². The molecule has 0 aliphatic carbocycles. The van der Waals surface area contributed by atoms with Crippen LogP contribution in [0.25, 0.3) is 11.1 Å². The van der Waals surface area contributed by atoms with Gasteiger partial charge in [-0.1, -0.05) is 23.9 Å². The predicted octanol–water partition coefficient (Wildman–Crippen LogP) is 1.61. The molecule has 2 amide bonds. The lowest BCUT2D eigenvalue weighted by atomic mass is 10.3. The Morgan fingerprint density at radius 2 is 1.86 bits per heavy atom. The van der Waals surface area contributed by atoms with E-state index in [2.05, 4.69) is 4.98 Å². The lowest BCUT2D eigenvalue weighted by Crippen LogP contribution is -2.50. The second-order valence-corrected chi connectivity index (χ2v) is 6.05. The molecule has 1 aliphatic rings. The molecule has 0 radical (unpaired) electrons. The second-order valence-electron chi connectivity index (χ2n) is 5.12. The number of carbonyl (C=O) groups excluding carboxylic acids is 2. The van der Waals surface area contributed by atoms with Crippen LogP contribution >= 0.6 is 11.8 Å². The zero-order valence-corrected chi connectivity index (χ0v) is 13.1. The first-order valence-electron chi connectivity index (χ1n) is 7.15. The van der Waals surface area contributed by atoms with Crippen LogP contribution in [-0.2, 0) is 9.59 Å². The molecule has 0 spiro atoms. The fourth-order valence-corrected chi connectivity index (χ4v) is 3.14. The van der Waals surface area contributed by atoms with Crippen LogP contribution in [0.5, 0.6) is 0 Å². The van der Waals surface area contributed by atoms with Gasteiger partial charge in [-0.3, -0.25) is 9.59 Å². The van der Waals surface area contributed by atoms with Gasteiger partial charge in [-0.25, -0.2) is 4.98 Å². The Balaban J connectivity index is 1.53. The molecule has 0 unspecified atom stereocenters. The zero-order chi connectivity index (χ0) is 15.5. The van der Waals surface area contributed by atoms with Crippen LogP contribution in [0.1, 0.15) is 6.92 Å². The van der Waals surface area contributed by atoms with Gasteiger partial charge in [0.05, 0.1) is 5.75 Å². The Morgan fingerprint density at radius 3 is 2.55 bits per heavy atom. The van der Waals surface area contributed by atoms with E-state index in [9.17, 15) is 9.59 Å². The molecule has 2 aromatic rings. The molecule has 3 rings (SSSR count). The fourth-order valence-electron chi connectivity index (χ4n) is 2.40. The van der Waals surface area contributed by atoms with Crippen LogP contribution in [0, 0.1) is 0 Å². The van der Waals surface area contributed by atoms with Crippen molar-refractivity contribution in [1.29, 1.82) is 0 Å². The Hall–Kier alpha value is -2.02. The number of carbonyl (C=O) groups is 2. The SMILES string of the molecule is CC(=O)N1CCN(C(=O)CSc2nc3ccccc3o2)CC1. The monoisotopic (exact) mass is 319 g/mol. The largest absolute Gasteiger partial charge is 0.431 e. The maximum absolute atomic E-state index is 12.2. The maximum Gasteiger partial charge on any atom is 0.257 e. The van der Waals surface area contributed by atoms with Gasteiger partial charge < -0.3 is 14.2 Å². The molecule has 1 aromatic heterocycles. The summed E-state index contributed by atoms with van der Waals surface area (Å²) in [6.45, 7) is 3.95. The molecule has 0 N–H and O–H groups in total. The minimum Gasteiger partial charge on any atom is -0.431 e. The standard InChI is InChI=1S/C15H17N3O3S/c1-11(19)17-6-8-18(9-7-17)14(20)10-22-15-16-12-4-2-3-5-13(12)21-15/h2-5H,6-10H2,1H3. The van der Waals surface area contributed by atoms with Crippen LogP contribution in [0.15, 0.2) is 33.9 Å². The zero-order valence-electron chi connectivity index (χ0n) is 12.3. The Bertz CT molecular complexity index is 659. The highest BCUT2D eigenvalue weighted by molar-refractivity contribution is 7.99. The van der Waals surface area contributed by atoms with Crippen molar-refractivity contribution in [3.8, 4) is 0 Å². The van der Waals surface area contributed by atoms with Crippen LogP contribution in [-0.4, -0.2) is 58.5 Å². The summed E-state index contributed by atoms with van der Waals surface area (Å²) in [5, 5.41) is 0.511. The molecule has 0 saturated carbocycles. The van der Waals surface area contributed by atoms with E-state index in [1.807, 2.05) is 24.3 Å². The van der Waals surface area contributed by atoms with Crippen LogP contribution in [0.4, 0.5) is 0 Å². The number of hydrogen-bond acceptors (Lipinski definition) is 5. The maximum atomic E-state index is 12.2. The Kier molecular flexibility index (Phi) is 4.33. The average Bonchev–Trinajstić information content (AvgIpc) is 2.95. The van der Waals surface area contributed by atoms with Crippen LogP contribution in [0.2, 0.25) is 0 Å². The summed E-state index contributed by atoms with van der Waals surface area (Å²) in [6.07, 6.45) is 0. The van der Waals surface area contributed by atoms with E-state index < -0.39 is 0 Å². The summed E-state index contributed by atoms with van der Waals surface area (Å²) < 4.78 is 5.58. The number of benzene rings is 1. The van der Waals surface area contributed by atoms with Crippen molar-refractivity contribution in [2.24, 2.45) is 0 Å². The number of oxazole rings is 1. The summed E-state index contributed by atoms with van der Waals surface area (Å²) in [5.74, 6) is 0.413. The van der Waals surface area contributed by atoms with Crippen molar-refractivity contribution in [3.63, 3.8) is 0 Å². The minimum atomic E-state index is 0.0514. The summed E-state index contributed by atoms with van der Waals surface area (Å²) in [6, 6.07) is 7.53. The third-order valence-electron chi connectivity index (χ3n) is 3.67. The van der Waals surface area contributed by atoms with Gasteiger partial charge in [0, 0.05) is 33.1 Å². The van der Waals surface area contributed by atoms with Gasteiger partial charge in [-0.15, -0.1) is 0 Å². The van der Waals surface area contributed by atoms with Crippen molar-refractivity contribution in [2.45, 2.75) is 12.1 Å². The lowest BCUT2D eigenvalue weighted by molar-refractivity contribution is -0.136. The molecule has 7 heteroatoms. The fraction of sp³-hybridized carbons (Fsp3) is 0.400. The Morgan fingerprint density at radius 1 is 1.18 bits per heavy atom. The van der Waals surface area contributed by atoms with E-state index >= 15 is 0 Å². The summed E-state index contributed by atoms with van der Waals surface area (Å²) in [5.41, 5.74) is 1.53. The van der Waals surface area contributed by atoms with Crippen molar-refractivity contribution < 1.29 is 14.0 Å². The molecule has 0 bridgehead atoms. The highest BCUT2D eigenvalue weighted by Gasteiger charge is 2.22. The molecule has 2 heterocycles. The third kappa shape index (κ3) is 3.24. The summed E-state index contributed by atoms with van der Waals surface area (Å²) in [7, 11) is 0. The van der Waals surface area contributed by atoms with E-state index in [0.717, 1.165) is 11.1 Å². The lowest BCUT2D eigenvalue weighted by Gasteiger charge is -2.34. The van der Waals surface area contributed by atoms with Crippen LogP contribution < -0.4 is 0 Å². The average molecular weight is 319 g/mol. The van der Waals surface area contributed by atoms with E-state index in [0.29, 0.717) is 37.2 Å². The van der Waals surface area contributed by atoms with Gasteiger partial charge in [-0.05, 0) is 12.1 Å². The third-order valence-corrected chi connectivity index (χ3v) is 4.48. The number of fused-ring (bicyclic) bond motifs is 1. The number of nitrogens with zero attached hydrogens (tertiary/aromatic N) is 3. The summed E-state index contributed by atoms with van der Waals surface area (Å²) >= 11 is 1.31. The highest BCUT2D eigenvalue weighted by atomic mass is 32.2. The number of para-hydroxylation sites is 2.